The number of nitrogens with one attached hydrogen (secondary N) is 1. The second-order valence-corrected chi connectivity index (χ2v) is 4.11. The molecule has 0 saturated carbocycles. The zero-order valence-corrected chi connectivity index (χ0v) is 10.0. The van der Waals surface area contributed by atoms with Crippen molar-refractivity contribution in [1.82, 2.24) is 20.2 Å². The van der Waals surface area contributed by atoms with Gasteiger partial charge in [0.05, 0.1) is 11.4 Å². The lowest BCUT2D eigenvalue weighted by molar-refractivity contribution is 1.10. The zero-order chi connectivity index (χ0) is 13.2. The highest BCUT2D eigenvalue weighted by atomic mass is 15.1. The molecule has 3 heterocycles. The van der Waals surface area contributed by atoms with Crippen LogP contribution < -0.4 is 11.5 Å². The summed E-state index contributed by atoms with van der Waals surface area (Å²) in [6.07, 6.45) is 3.32. The van der Waals surface area contributed by atoms with Crippen LogP contribution in [0, 0.1) is 0 Å². The number of nitrogens with zero attached hydrogens (tertiary/aromatic N) is 3. The number of aromatic nitrogens is 4. The molecule has 0 aliphatic rings. The minimum absolute atomic E-state index is 0.468. The van der Waals surface area contributed by atoms with E-state index in [2.05, 4.69) is 20.2 Å². The van der Waals surface area contributed by atoms with E-state index in [0.717, 1.165) is 22.5 Å². The van der Waals surface area contributed by atoms with Crippen molar-refractivity contribution in [3.05, 3.63) is 42.7 Å². The quantitative estimate of drug-likeness (QED) is 0.643. The highest BCUT2D eigenvalue weighted by molar-refractivity contribution is 5.70. The van der Waals surface area contributed by atoms with Crippen molar-refractivity contribution in [2.75, 3.05) is 11.5 Å². The number of anilines is 2. The minimum Gasteiger partial charge on any atom is -0.384 e. The molecule has 0 aromatic carbocycles. The van der Waals surface area contributed by atoms with E-state index >= 15 is 0 Å². The molecule has 0 unspecified atom stereocenters. The smallest absolute Gasteiger partial charge is 0.123 e. The Bertz CT molecular complexity index is 658. The van der Waals surface area contributed by atoms with E-state index in [0.29, 0.717) is 11.6 Å². The van der Waals surface area contributed by atoms with Crippen molar-refractivity contribution in [2.24, 2.45) is 0 Å². The molecule has 5 N–H and O–H groups in total. The molecule has 3 aromatic rings. The summed E-state index contributed by atoms with van der Waals surface area (Å²) in [5.41, 5.74) is 14.9. The Hall–Kier alpha value is -2.89. The van der Waals surface area contributed by atoms with Crippen LogP contribution in [0.2, 0.25) is 0 Å². The minimum atomic E-state index is 0.468. The third-order valence-corrected chi connectivity index (χ3v) is 2.75. The highest BCUT2D eigenvalue weighted by Gasteiger charge is 2.06. The molecule has 6 nitrogen and oxygen atoms in total. The summed E-state index contributed by atoms with van der Waals surface area (Å²) in [6, 6.07) is 9.23. The monoisotopic (exact) mass is 252 g/mol. The number of aromatic amines is 1. The van der Waals surface area contributed by atoms with Gasteiger partial charge in [-0.25, -0.2) is 9.97 Å². The van der Waals surface area contributed by atoms with Gasteiger partial charge >= 0.3 is 0 Å². The molecule has 0 amide bonds. The summed E-state index contributed by atoms with van der Waals surface area (Å²) in [6.45, 7) is 0. The Morgan fingerprint density at radius 2 is 1.47 bits per heavy atom. The van der Waals surface area contributed by atoms with Gasteiger partial charge in [-0.15, -0.1) is 0 Å². The summed E-state index contributed by atoms with van der Waals surface area (Å²) in [4.78, 5) is 7.92. The molecule has 0 spiro atoms. The van der Waals surface area contributed by atoms with E-state index in [-0.39, 0.29) is 0 Å². The first-order valence-electron chi connectivity index (χ1n) is 5.71. The fourth-order valence-electron chi connectivity index (χ4n) is 1.84. The van der Waals surface area contributed by atoms with E-state index in [1.54, 1.807) is 24.5 Å². The average Bonchev–Trinajstić information content (AvgIpc) is 2.88. The largest absolute Gasteiger partial charge is 0.384 e. The summed E-state index contributed by atoms with van der Waals surface area (Å²) in [5.74, 6) is 0.942. The van der Waals surface area contributed by atoms with Crippen molar-refractivity contribution in [3.63, 3.8) is 0 Å². The molecule has 0 aliphatic heterocycles. The molecule has 0 radical (unpaired) electrons. The Kier molecular flexibility index (Phi) is 2.60. The van der Waals surface area contributed by atoms with Crippen molar-refractivity contribution in [2.45, 2.75) is 0 Å². The van der Waals surface area contributed by atoms with Gasteiger partial charge in [-0.1, -0.05) is 0 Å². The SMILES string of the molecule is Nc1cc(-c2cc(-c3ccnc(N)c3)[nH]n2)ccn1. The van der Waals surface area contributed by atoms with Crippen LogP contribution in [0.4, 0.5) is 11.6 Å². The van der Waals surface area contributed by atoms with E-state index in [9.17, 15) is 0 Å². The number of H-pyrrole nitrogens is 1. The number of nitrogens with two attached hydrogens (primary N) is 2. The Morgan fingerprint density at radius 3 is 2.16 bits per heavy atom. The van der Waals surface area contributed by atoms with Crippen LogP contribution >= 0.6 is 0 Å². The van der Waals surface area contributed by atoms with Crippen LogP contribution in [0.1, 0.15) is 0 Å². The van der Waals surface area contributed by atoms with Gasteiger partial charge in [-0.3, -0.25) is 5.10 Å². The molecule has 0 saturated heterocycles. The van der Waals surface area contributed by atoms with E-state index in [1.165, 1.54) is 0 Å². The van der Waals surface area contributed by atoms with Crippen LogP contribution in [0.15, 0.2) is 42.7 Å². The van der Waals surface area contributed by atoms with Gasteiger partial charge in [0, 0.05) is 23.5 Å². The fourth-order valence-corrected chi connectivity index (χ4v) is 1.84. The van der Waals surface area contributed by atoms with Crippen molar-refractivity contribution >= 4 is 11.6 Å². The van der Waals surface area contributed by atoms with Crippen LogP contribution in [-0.4, -0.2) is 20.2 Å². The van der Waals surface area contributed by atoms with E-state index in [1.807, 2.05) is 18.2 Å². The summed E-state index contributed by atoms with van der Waals surface area (Å²) in [7, 11) is 0. The molecule has 6 heteroatoms. The van der Waals surface area contributed by atoms with Crippen LogP contribution in [-0.2, 0) is 0 Å². The lowest BCUT2D eigenvalue weighted by Crippen LogP contribution is -1.89. The van der Waals surface area contributed by atoms with Gasteiger partial charge in [0.15, 0.2) is 0 Å². The first kappa shape index (κ1) is 11.2. The molecular weight excluding hydrogens is 240 g/mol. The van der Waals surface area contributed by atoms with Crippen LogP contribution in [0.25, 0.3) is 22.5 Å². The van der Waals surface area contributed by atoms with Crippen LogP contribution in [0.5, 0.6) is 0 Å². The van der Waals surface area contributed by atoms with E-state index < -0.39 is 0 Å². The molecule has 3 rings (SSSR count). The predicted octanol–water partition coefficient (Wildman–Crippen LogP) is 1.70. The number of rotatable bonds is 2. The number of hydrogen-bond donors (Lipinski definition) is 3. The highest BCUT2D eigenvalue weighted by Crippen LogP contribution is 2.24. The molecule has 0 atom stereocenters. The summed E-state index contributed by atoms with van der Waals surface area (Å²) < 4.78 is 0. The van der Waals surface area contributed by atoms with Gasteiger partial charge in [-0.2, -0.15) is 5.10 Å². The topological polar surface area (TPSA) is 106 Å². The van der Waals surface area contributed by atoms with Crippen LogP contribution in [0.3, 0.4) is 0 Å². The average molecular weight is 252 g/mol. The van der Waals surface area contributed by atoms with Crippen molar-refractivity contribution in [1.29, 1.82) is 0 Å². The summed E-state index contributed by atoms with van der Waals surface area (Å²) in [5, 5.41) is 7.24. The van der Waals surface area contributed by atoms with E-state index in [4.69, 9.17) is 11.5 Å². The number of pyridine rings is 2. The van der Waals surface area contributed by atoms with Gasteiger partial charge in [0.25, 0.3) is 0 Å². The van der Waals surface area contributed by atoms with Gasteiger partial charge < -0.3 is 11.5 Å². The molecular formula is C13H12N6. The fraction of sp³-hybridized carbons (Fsp3) is 0. The summed E-state index contributed by atoms with van der Waals surface area (Å²) >= 11 is 0. The number of hydrogen-bond acceptors (Lipinski definition) is 5. The molecule has 94 valence electrons. The first-order valence-corrected chi connectivity index (χ1v) is 5.71. The molecule has 0 bridgehead atoms. The zero-order valence-electron chi connectivity index (χ0n) is 10.0. The maximum atomic E-state index is 5.66. The third-order valence-electron chi connectivity index (χ3n) is 2.75. The Balaban J connectivity index is 2.00. The first-order chi connectivity index (χ1) is 9.22. The second kappa shape index (κ2) is 4.41. The number of nitrogen functional groups attached to an aromatic ring is 2. The standard InChI is InChI=1S/C13H12N6/c14-12-5-8(1-3-16-12)10-7-11(19-18-10)9-2-4-17-13(15)6-9/h1-7H,(H2,14,16)(H2,15,17)(H,18,19). The van der Waals surface area contributed by atoms with Gasteiger partial charge in [0.2, 0.25) is 0 Å². The molecule has 0 aliphatic carbocycles. The maximum Gasteiger partial charge on any atom is 0.123 e. The predicted molar refractivity (Wildman–Crippen MR) is 73.9 cm³/mol. The second-order valence-electron chi connectivity index (χ2n) is 4.11. The lowest BCUT2D eigenvalue weighted by Gasteiger charge is -1.97. The normalized spacial score (nSPS) is 10.5. The lowest BCUT2D eigenvalue weighted by atomic mass is 10.1. The maximum absolute atomic E-state index is 5.66. The Labute approximate surface area is 109 Å². The van der Waals surface area contributed by atoms with Gasteiger partial charge in [0.1, 0.15) is 11.6 Å². The molecule has 0 fully saturated rings. The molecule has 3 aromatic heterocycles. The van der Waals surface area contributed by atoms with Crippen molar-refractivity contribution in [3.8, 4) is 22.5 Å². The molecule has 19 heavy (non-hydrogen) atoms. The third kappa shape index (κ3) is 2.23. The van der Waals surface area contributed by atoms with Gasteiger partial charge in [-0.05, 0) is 30.3 Å². The Morgan fingerprint density at radius 1 is 0.842 bits per heavy atom. The van der Waals surface area contributed by atoms with Crippen molar-refractivity contribution < 1.29 is 0 Å².